The molecule has 4 heavy (non-hydrogen) atoms. The summed E-state index contributed by atoms with van der Waals surface area (Å²) in [6.45, 7) is 0. The van der Waals surface area contributed by atoms with E-state index in [0.29, 0.717) is 0 Å². The predicted molar refractivity (Wildman–Crippen MR) is 19.8 cm³/mol. The van der Waals surface area contributed by atoms with Crippen molar-refractivity contribution < 1.29 is 9.46 Å². The normalized spacial score (nSPS) is 7.25. The molecule has 0 radical (unpaired) electrons. The number of hydrogen-bond acceptors (Lipinski definition) is 1. The van der Waals surface area contributed by atoms with Gasteiger partial charge in [-0.2, -0.15) is 0 Å². The molecule has 2 nitrogen and oxygen atoms in total. The van der Waals surface area contributed by atoms with E-state index < -0.39 is 8.69 Å². The maximum atomic E-state index is 8.57. The van der Waals surface area contributed by atoms with E-state index in [1.807, 2.05) is 0 Å². The van der Waals surface area contributed by atoms with E-state index in [9.17, 15) is 0 Å². The van der Waals surface area contributed by atoms with E-state index in [-0.39, 0.29) is 18.9 Å². The second kappa shape index (κ2) is 9.21. The summed E-state index contributed by atoms with van der Waals surface area (Å²) < 4.78 is 8.57. The second-order valence-corrected chi connectivity index (χ2v) is 0.316. The summed E-state index contributed by atoms with van der Waals surface area (Å²) >= 11 is 0. The molecule has 0 rings (SSSR count). The van der Waals surface area contributed by atoms with Gasteiger partial charge in [-0.25, -0.2) is 0 Å². The van der Waals surface area contributed by atoms with Gasteiger partial charge in [0.15, 0.2) is 8.69 Å². The fourth-order valence-electron chi connectivity index (χ4n) is 0. The van der Waals surface area contributed by atoms with Crippen LogP contribution in [0.2, 0.25) is 0 Å². The van der Waals surface area contributed by atoms with Crippen LogP contribution in [-0.4, -0.2) is 23.8 Å². The fraction of sp³-hybridized carbons (Fsp3) is 0. The van der Waals surface area contributed by atoms with Gasteiger partial charge in [0.25, 0.3) is 0 Å². The van der Waals surface area contributed by atoms with Crippen LogP contribution in [0, 0.1) is 0 Å². The van der Waals surface area contributed by atoms with E-state index in [0.717, 1.165) is 0 Å². The van der Waals surface area contributed by atoms with Crippen LogP contribution >= 0.6 is 8.69 Å². The summed E-state index contributed by atoms with van der Waals surface area (Å²) in [5.41, 5.74) is 0. The van der Waals surface area contributed by atoms with Crippen molar-refractivity contribution in [1.82, 2.24) is 0 Å². The third-order valence-electron chi connectivity index (χ3n) is 0. The first-order valence-electron chi connectivity index (χ1n) is 0.494. The van der Waals surface area contributed by atoms with Crippen molar-refractivity contribution in [2.24, 2.45) is 0 Å². The first-order valence-corrected chi connectivity index (χ1v) is 1.48. The van der Waals surface area contributed by atoms with Gasteiger partial charge in [0, 0.05) is 0 Å². The van der Waals surface area contributed by atoms with E-state index in [4.69, 9.17) is 9.46 Å². The van der Waals surface area contributed by atoms with Crippen molar-refractivity contribution in [1.29, 1.82) is 0 Å². The van der Waals surface area contributed by atoms with Gasteiger partial charge in [-0.3, -0.25) is 4.57 Å². The average Bonchev–Trinajstić information content (AvgIpc) is 0.918. The van der Waals surface area contributed by atoms with Gasteiger partial charge in [-0.05, 0) is 0 Å². The molecule has 0 aromatic rings. The zero-order chi connectivity index (χ0) is 2.71. The van der Waals surface area contributed by atoms with Gasteiger partial charge in [0.2, 0.25) is 0 Å². The molecule has 0 aliphatic carbocycles. The standard InChI is InChI=1S/Li.H3O2P.H/c;1-3-2;/h;3H2,(H,1,2);. The fourth-order valence-corrected chi connectivity index (χ4v) is 0. The zero-order valence-corrected chi connectivity index (χ0v) is 2.59. The SMILES string of the molecule is O=[PH2]O.[LiH]. The topological polar surface area (TPSA) is 37.3 Å². The summed E-state index contributed by atoms with van der Waals surface area (Å²) in [6, 6.07) is 0. The van der Waals surface area contributed by atoms with Gasteiger partial charge < -0.3 is 4.89 Å². The molecule has 0 aromatic heterocycles. The molecule has 0 heterocycles. The van der Waals surface area contributed by atoms with Gasteiger partial charge in [0.1, 0.15) is 0 Å². The Morgan fingerprint density at radius 1 is 1.75 bits per heavy atom. The summed E-state index contributed by atoms with van der Waals surface area (Å²) in [5.74, 6) is 0. The molecule has 0 saturated carbocycles. The number of hydrogen-bond donors (Lipinski definition) is 1. The summed E-state index contributed by atoms with van der Waals surface area (Å²) in [4.78, 5) is 7.10. The van der Waals surface area contributed by atoms with E-state index >= 15 is 0 Å². The molecule has 0 aliphatic heterocycles. The molecule has 1 unspecified atom stereocenters. The average molecular weight is 73.9 g/mol. The quantitative estimate of drug-likeness (QED) is 0.295. The molecule has 22 valence electrons. The minimum atomic E-state index is -1.50. The Hall–Kier alpha value is 0.787. The predicted octanol–water partition coefficient (Wildman–Crippen LogP) is -0.999. The molecule has 0 aromatic carbocycles. The van der Waals surface area contributed by atoms with Crippen molar-refractivity contribution in [3.63, 3.8) is 0 Å². The first kappa shape index (κ1) is 8.84. The van der Waals surface area contributed by atoms with Gasteiger partial charge in [-0.1, -0.05) is 0 Å². The van der Waals surface area contributed by atoms with Crippen molar-refractivity contribution in [3.8, 4) is 0 Å². The monoisotopic (exact) mass is 74.0 g/mol. The molecule has 1 N–H and O–H groups in total. The van der Waals surface area contributed by atoms with E-state index in [1.165, 1.54) is 0 Å². The second-order valence-electron chi connectivity index (χ2n) is 0.105. The van der Waals surface area contributed by atoms with Crippen LogP contribution in [0.5, 0.6) is 0 Å². The molecule has 0 fully saturated rings. The Morgan fingerprint density at radius 2 is 1.75 bits per heavy atom. The van der Waals surface area contributed by atoms with Crippen LogP contribution in [0.3, 0.4) is 0 Å². The summed E-state index contributed by atoms with van der Waals surface area (Å²) in [6.07, 6.45) is 0. The molecule has 0 bridgehead atoms. The molecule has 0 aliphatic rings. The Labute approximate surface area is 37.7 Å². The van der Waals surface area contributed by atoms with Crippen molar-refractivity contribution >= 4 is 27.5 Å². The Kier molecular flexibility index (Phi) is 20.4. The van der Waals surface area contributed by atoms with Crippen molar-refractivity contribution in [2.75, 3.05) is 0 Å². The Morgan fingerprint density at radius 3 is 1.75 bits per heavy atom. The van der Waals surface area contributed by atoms with Gasteiger partial charge in [0.05, 0.1) is 0 Å². The van der Waals surface area contributed by atoms with Gasteiger partial charge >= 0.3 is 18.9 Å². The molecule has 0 spiro atoms. The minimum absolute atomic E-state index is 0. The van der Waals surface area contributed by atoms with Crippen LogP contribution in [0.25, 0.3) is 0 Å². The van der Waals surface area contributed by atoms with Crippen molar-refractivity contribution in [2.45, 2.75) is 0 Å². The summed E-state index contributed by atoms with van der Waals surface area (Å²) in [7, 11) is -1.50. The van der Waals surface area contributed by atoms with Crippen LogP contribution < -0.4 is 0 Å². The maximum absolute atomic E-state index is 8.57. The zero-order valence-electron chi connectivity index (χ0n) is 1.43. The third kappa shape index (κ3) is 14.4. The molecular weight excluding hydrogens is 69.9 g/mol. The third-order valence-corrected chi connectivity index (χ3v) is 0. The molecule has 4 heteroatoms. The van der Waals surface area contributed by atoms with Crippen LogP contribution in [0.15, 0.2) is 0 Å². The number of rotatable bonds is 0. The molecular formula is H4LiO2P. The van der Waals surface area contributed by atoms with Gasteiger partial charge in [-0.15, -0.1) is 0 Å². The Bertz CT molecular complexity index is 13.5. The Balaban J connectivity index is 0. The van der Waals surface area contributed by atoms with Crippen LogP contribution in [0.1, 0.15) is 0 Å². The first-order chi connectivity index (χ1) is 1.41. The molecule has 0 saturated heterocycles. The van der Waals surface area contributed by atoms with E-state index in [2.05, 4.69) is 0 Å². The molecule has 1 atom stereocenters. The van der Waals surface area contributed by atoms with Crippen LogP contribution in [-0.2, 0) is 4.57 Å². The van der Waals surface area contributed by atoms with Crippen molar-refractivity contribution in [3.05, 3.63) is 0 Å². The van der Waals surface area contributed by atoms with Crippen LogP contribution in [0.4, 0.5) is 0 Å². The molecule has 0 amide bonds. The summed E-state index contributed by atoms with van der Waals surface area (Å²) in [5, 5.41) is 0. The van der Waals surface area contributed by atoms with E-state index in [1.54, 1.807) is 0 Å².